The van der Waals surface area contributed by atoms with Crippen LogP contribution in [-0.4, -0.2) is 34.7 Å². The molecule has 1 amide bonds. The van der Waals surface area contributed by atoms with E-state index in [1.807, 2.05) is 0 Å². The van der Waals surface area contributed by atoms with Gasteiger partial charge in [0.25, 0.3) is 0 Å². The Hall–Kier alpha value is -2.62. The predicted octanol–water partition coefficient (Wildman–Crippen LogP) is 3.01. The van der Waals surface area contributed by atoms with Gasteiger partial charge in [0.15, 0.2) is 5.16 Å². The highest BCUT2D eigenvalue weighted by molar-refractivity contribution is 7.99. The van der Waals surface area contributed by atoms with Crippen molar-refractivity contribution in [2.45, 2.75) is 11.3 Å². The molecule has 1 heterocycles. The number of rotatable bonds is 5. The van der Waals surface area contributed by atoms with E-state index in [2.05, 4.69) is 20.0 Å². The second-order valence-electron chi connectivity index (χ2n) is 4.63. The molecule has 0 radical (unpaired) electrons. The number of hydrogen-bond acceptors (Lipinski definition) is 6. The summed E-state index contributed by atoms with van der Waals surface area (Å²) < 4.78 is 42.3. The molecule has 2 rings (SSSR count). The van der Waals surface area contributed by atoms with Gasteiger partial charge in [0.05, 0.1) is 18.4 Å². The van der Waals surface area contributed by atoms with E-state index in [4.69, 9.17) is 0 Å². The number of amides is 1. The zero-order valence-corrected chi connectivity index (χ0v) is 13.6. The summed E-state index contributed by atoms with van der Waals surface area (Å²) >= 11 is 0.767. The first kappa shape index (κ1) is 18.7. The molecule has 0 saturated heterocycles. The molecule has 0 aliphatic rings. The zero-order chi connectivity index (χ0) is 18.4. The Morgan fingerprint density at radius 2 is 2.04 bits per heavy atom. The van der Waals surface area contributed by atoms with Crippen LogP contribution in [0.25, 0.3) is 0 Å². The van der Waals surface area contributed by atoms with Gasteiger partial charge < -0.3 is 10.1 Å². The number of ether oxygens (including phenoxy) is 1. The highest BCUT2D eigenvalue weighted by Gasteiger charge is 2.32. The smallest absolute Gasteiger partial charge is 0.433 e. The molecule has 2 aromatic rings. The van der Waals surface area contributed by atoms with Crippen molar-refractivity contribution in [3.8, 4) is 0 Å². The molecule has 0 aliphatic carbocycles. The van der Waals surface area contributed by atoms with Crippen molar-refractivity contribution in [2.24, 2.45) is 0 Å². The largest absolute Gasteiger partial charge is 0.465 e. The molecular formula is C15H12F3N3O3S. The lowest BCUT2D eigenvalue weighted by Gasteiger charge is -2.08. The monoisotopic (exact) mass is 371 g/mol. The van der Waals surface area contributed by atoms with E-state index in [0.29, 0.717) is 5.69 Å². The van der Waals surface area contributed by atoms with Gasteiger partial charge in [-0.1, -0.05) is 17.8 Å². The molecule has 0 saturated carbocycles. The molecule has 0 fully saturated rings. The van der Waals surface area contributed by atoms with E-state index >= 15 is 0 Å². The first-order valence-electron chi connectivity index (χ1n) is 6.81. The van der Waals surface area contributed by atoms with Gasteiger partial charge in [-0.25, -0.2) is 14.8 Å². The highest BCUT2D eigenvalue weighted by Crippen LogP contribution is 2.28. The van der Waals surface area contributed by atoms with Gasteiger partial charge in [0.1, 0.15) is 5.69 Å². The maximum atomic E-state index is 12.6. The summed E-state index contributed by atoms with van der Waals surface area (Å²) in [4.78, 5) is 30.4. The van der Waals surface area contributed by atoms with Gasteiger partial charge in [-0.3, -0.25) is 4.79 Å². The summed E-state index contributed by atoms with van der Waals surface area (Å²) in [6.07, 6.45) is -3.59. The van der Waals surface area contributed by atoms with Crippen LogP contribution in [0.1, 0.15) is 16.1 Å². The molecule has 0 bridgehead atoms. The fourth-order valence-electron chi connectivity index (χ4n) is 1.74. The summed E-state index contributed by atoms with van der Waals surface area (Å²) in [5.74, 6) is -1.22. The van der Waals surface area contributed by atoms with Crippen LogP contribution in [0.2, 0.25) is 0 Å². The van der Waals surface area contributed by atoms with E-state index in [1.54, 1.807) is 12.1 Å². The molecule has 0 atom stereocenters. The lowest BCUT2D eigenvalue weighted by Crippen LogP contribution is -2.15. The number of carbonyl (C=O) groups is 2. The Morgan fingerprint density at radius 1 is 1.28 bits per heavy atom. The highest BCUT2D eigenvalue weighted by atomic mass is 32.2. The molecule has 1 N–H and O–H groups in total. The fraction of sp³-hybridized carbons (Fsp3) is 0.200. The van der Waals surface area contributed by atoms with Crippen LogP contribution in [0.3, 0.4) is 0 Å². The van der Waals surface area contributed by atoms with E-state index in [1.165, 1.54) is 19.2 Å². The molecule has 25 heavy (non-hydrogen) atoms. The molecule has 1 aromatic carbocycles. The van der Waals surface area contributed by atoms with Gasteiger partial charge in [-0.2, -0.15) is 13.2 Å². The van der Waals surface area contributed by atoms with Crippen LogP contribution in [0.4, 0.5) is 18.9 Å². The average molecular weight is 371 g/mol. The normalized spacial score (nSPS) is 11.0. The Labute approximate surface area is 144 Å². The Morgan fingerprint density at radius 3 is 2.72 bits per heavy atom. The third-order valence-electron chi connectivity index (χ3n) is 2.82. The lowest BCUT2D eigenvalue weighted by molar-refractivity contribution is -0.141. The second-order valence-corrected chi connectivity index (χ2v) is 5.57. The summed E-state index contributed by atoms with van der Waals surface area (Å²) in [5, 5.41) is 2.37. The lowest BCUT2D eigenvalue weighted by atomic mass is 10.2. The standard InChI is InChI=1S/C15H12F3N3O3S/c1-24-13(23)9-3-2-4-10(7-9)20-12(22)8-25-14-19-6-5-11(21-14)15(16,17)18/h2-7H,8H2,1H3,(H,20,22). The Kier molecular flexibility index (Phi) is 5.97. The van der Waals surface area contributed by atoms with Crippen LogP contribution in [0.15, 0.2) is 41.7 Å². The molecule has 1 aromatic heterocycles. The van der Waals surface area contributed by atoms with Crippen molar-refractivity contribution < 1.29 is 27.5 Å². The summed E-state index contributed by atoms with van der Waals surface area (Å²) in [7, 11) is 1.24. The maximum Gasteiger partial charge on any atom is 0.433 e. The number of aromatic nitrogens is 2. The minimum Gasteiger partial charge on any atom is -0.465 e. The van der Waals surface area contributed by atoms with Crippen molar-refractivity contribution in [3.63, 3.8) is 0 Å². The summed E-state index contributed by atoms with van der Waals surface area (Å²) in [6, 6.07) is 6.82. The van der Waals surface area contributed by atoms with E-state index in [0.717, 1.165) is 24.0 Å². The minimum atomic E-state index is -4.57. The summed E-state index contributed by atoms with van der Waals surface area (Å²) in [6.45, 7) is 0. The maximum absolute atomic E-state index is 12.6. The number of benzene rings is 1. The van der Waals surface area contributed by atoms with Gasteiger partial charge in [-0.15, -0.1) is 0 Å². The number of nitrogens with one attached hydrogen (secondary N) is 1. The van der Waals surface area contributed by atoms with Crippen LogP contribution in [-0.2, 0) is 15.7 Å². The number of methoxy groups -OCH3 is 1. The van der Waals surface area contributed by atoms with Crippen molar-refractivity contribution >= 4 is 29.3 Å². The Bertz CT molecular complexity index is 784. The Balaban J connectivity index is 1.96. The molecule has 6 nitrogen and oxygen atoms in total. The molecule has 132 valence electrons. The number of halogens is 3. The van der Waals surface area contributed by atoms with Gasteiger partial charge in [0.2, 0.25) is 5.91 Å². The zero-order valence-electron chi connectivity index (χ0n) is 12.8. The van der Waals surface area contributed by atoms with E-state index in [9.17, 15) is 22.8 Å². The van der Waals surface area contributed by atoms with Crippen molar-refractivity contribution in [1.82, 2.24) is 9.97 Å². The number of alkyl halides is 3. The number of esters is 1. The molecular weight excluding hydrogens is 359 g/mol. The number of anilines is 1. The van der Waals surface area contributed by atoms with Crippen LogP contribution >= 0.6 is 11.8 Å². The molecule has 10 heteroatoms. The first-order valence-corrected chi connectivity index (χ1v) is 7.79. The van der Waals surface area contributed by atoms with Crippen molar-refractivity contribution in [1.29, 1.82) is 0 Å². The van der Waals surface area contributed by atoms with E-state index in [-0.39, 0.29) is 16.5 Å². The third kappa shape index (κ3) is 5.45. The van der Waals surface area contributed by atoms with Crippen molar-refractivity contribution in [2.75, 3.05) is 18.2 Å². The molecule has 0 spiro atoms. The fourth-order valence-corrected chi connectivity index (χ4v) is 2.37. The quantitative estimate of drug-likeness (QED) is 0.494. The van der Waals surface area contributed by atoms with Crippen LogP contribution < -0.4 is 5.32 Å². The SMILES string of the molecule is COC(=O)c1cccc(NC(=O)CSc2nccc(C(F)(F)F)n2)c1. The number of thioether (sulfide) groups is 1. The minimum absolute atomic E-state index is 0.159. The molecule has 0 aliphatic heterocycles. The number of carbonyl (C=O) groups excluding carboxylic acids is 2. The van der Waals surface area contributed by atoms with E-state index < -0.39 is 23.7 Å². The first-order chi connectivity index (χ1) is 11.8. The van der Waals surface area contributed by atoms with Crippen LogP contribution in [0.5, 0.6) is 0 Å². The van der Waals surface area contributed by atoms with Crippen molar-refractivity contribution in [3.05, 3.63) is 47.8 Å². The van der Waals surface area contributed by atoms with Gasteiger partial charge in [0, 0.05) is 11.9 Å². The number of nitrogens with zero attached hydrogens (tertiary/aromatic N) is 2. The number of hydrogen-bond donors (Lipinski definition) is 1. The average Bonchev–Trinajstić information content (AvgIpc) is 2.59. The second kappa shape index (κ2) is 7.97. The van der Waals surface area contributed by atoms with Crippen LogP contribution in [0, 0.1) is 0 Å². The third-order valence-corrected chi connectivity index (χ3v) is 3.69. The van der Waals surface area contributed by atoms with Gasteiger partial charge >= 0.3 is 12.1 Å². The molecule has 0 unspecified atom stereocenters. The topological polar surface area (TPSA) is 81.2 Å². The predicted molar refractivity (Wildman–Crippen MR) is 84.2 cm³/mol. The van der Waals surface area contributed by atoms with Gasteiger partial charge in [-0.05, 0) is 24.3 Å². The summed E-state index contributed by atoms with van der Waals surface area (Å²) in [5.41, 5.74) is -0.455.